The van der Waals surface area contributed by atoms with Crippen molar-refractivity contribution in [2.75, 3.05) is 44.3 Å². The van der Waals surface area contributed by atoms with E-state index in [1.54, 1.807) is 23.4 Å². The van der Waals surface area contributed by atoms with Gasteiger partial charge in [-0.2, -0.15) is 0 Å². The van der Waals surface area contributed by atoms with Crippen molar-refractivity contribution in [3.05, 3.63) is 62.6 Å². The maximum Gasteiger partial charge on any atom is 0.263 e. The van der Waals surface area contributed by atoms with Crippen molar-refractivity contribution < 1.29 is 14.3 Å². The summed E-state index contributed by atoms with van der Waals surface area (Å²) in [5, 5.41) is 0. The van der Waals surface area contributed by atoms with Crippen LogP contribution in [0.1, 0.15) is 71.8 Å². The average Bonchev–Trinajstić information content (AvgIpc) is 2.88. The molecule has 3 heterocycles. The van der Waals surface area contributed by atoms with Crippen molar-refractivity contribution in [1.29, 1.82) is 0 Å². The third-order valence-corrected chi connectivity index (χ3v) is 7.87. The van der Waals surface area contributed by atoms with Crippen LogP contribution in [0.5, 0.6) is 0 Å². The summed E-state index contributed by atoms with van der Waals surface area (Å²) in [5.41, 5.74) is 4.45. The Hall–Kier alpha value is -2.97. The number of carbonyl (C=O) groups excluding carboxylic acids is 2. The van der Waals surface area contributed by atoms with Gasteiger partial charge in [0.15, 0.2) is 0 Å². The Kier molecular flexibility index (Phi) is 9.39. The molecular formula is C30H42N4O4. The number of ether oxygens (including phenoxy) is 1. The number of aromatic nitrogens is 1. The first kappa shape index (κ1) is 28.0. The minimum absolute atomic E-state index is 0.00737. The highest BCUT2D eigenvalue weighted by atomic mass is 16.5. The highest BCUT2D eigenvalue weighted by molar-refractivity contribution is 5.96. The Labute approximate surface area is 226 Å². The summed E-state index contributed by atoms with van der Waals surface area (Å²) in [6.45, 7) is 11.0. The summed E-state index contributed by atoms with van der Waals surface area (Å²) >= 11 is 0. The van der Waals surface area contributed by atoms with E-state index in [2.05, 4.69) is 23.1 Å². The molecule has 2 aromatic rings. The Morgan fingerprint density at radius 2 is 1.61 bits per heavy atom. The predicted octanol–water partition coefficient (Wildman–Crippen LogP) is 3.79. The van der Waals surface area contributed by atoms with E-state index in [0.717, 1.165) is 87.5 Å². The smallest absolute Gasteiger partial charge is 0.263 e. The van der Waals surface area contributed by atoms with Crippen LogP contribution in [-0.2, 0) is 29.7 Å². The standard InChI is InChI=1S/C30H42N4O4/c1-22-18-23(2)31(4)29(36)28(22)30(37)33-12-8-6-5-7-9-13-34(24(3)35)27-19-25(10-11-26(27)21-33)20-32-14-16-38-17-15-32/h10-11,18-19H,5-9,12-17,20-21H2,1-4H3. The number of hydrogen-bond donors (Lipinski definition) is 0. The number of pyridine rings is 1. The minimum atomic E-state index is -0.259. The quantitative estimate of drug-likeness (QED) is 0.613. The van der Waals surface area contributed by atoms with Crippen LogP contribution < -0.4 is 10.5 Å². The molecule has 0 atom stereocenters. The molecule has 0 saturated carbocycles. The molecule has 206 valence electrons. The van der Waals surface area contributed by atoms with Gasteiger partial charge in [0, 0.05) is 64.6 Å². The van der Waals surface area contributed by atoms with Crippen LogP contribution in [0.2, 0.25) is 0 Å². The normalized spacial score (nSPS) is 17.9. The molecule has 4 rings (SSSR count). The second-order valence-electron chi connectivity index (χ2n) is 10.7. The summed E-state index contributed by atoms with van der Waals surface area (Å²) in [4.78, 5) is 45.9. The summed E-state index contributed by atoms with van der Waals surface area (Å²) in [7, 11) is 1.71. The van der Waals surface area contributed by atoms with Crippen molar-refractivity contribution in [2.24, 2.45) is 7.05 Å². The van der Waals surface area contributed by atoms with Gasteiger partial charge in [0.2, 0.25) is 5.91 Å². The largest absolute Gasteiger partial charge is 0.379 e. The van der Waals surface area contributed by atoms with E-state index in [1.165, 1.54) is 0 Å². The van der Waals surface area contributed by atoms with Crippen LogP contribution in [0.4, 0.5) is 5.69 Å². The van der Waals surface area contributed by atoms with Gasteiger partial charge in [-0.1, -0.05) is 31.4 Å². The van der Waals surface area contributed by atoms with Gasteiger partial charge in [0.1, 0.15) is 5.56 Å². The molecule has 1 saturated heterocycles. The summed E-state index contributed by atoms with van der Waals surface area (Å²) in [6.07, 6.45) is 4.95. The van der Waals surface area contributed by atoms with Crippen LogP contribution in [-0.4, -0.2) is 65.6 Å². The maximum absolute atomic E-state index is 13.9. The third-order valence-electron chi connectivity index (χ3n) is 7.87. The molecule has 1 fully saturated rings. The number of amides is 2. The van der Waals surface area contributed by atoms with E-state index in [1.807, 2.05) is 24.8 Å². The molecule has 1 aromatic carbocycles. The van der Waals surface area contributed by atoms with Crippen LogP contribution in [0.3, 0.4) is 0 Å². The molecule has 8 heteroatoms. The monoisotopic (exact) mass is 522 g/mol. The molecule has 0 bridgehead atoms. The average molecular weight is 523 g/mol. The topological polar surface area (TPSA) is 75.1 Å². The molecule has 0 unspecified atom stereocenters. The number of morpholine rings is 1. The molecule has 1 aromatic heterocycles. The zero-order valence-electron chi connectivity index (χ0n) is 23.4. The molecule has 0 N–H and O–H groups in total. The number of carbonyl (C=O) groups is 2. The Morgan fingerprint density at radius 1 is 0.921 bits per heavy atom. The first-order valence-electron chi connectivity index (χ1n) is 13.9. The molecule has 8 nitrogen and oxygen atoms in total. The number of nitrogens with zero attached hydrogens (tertiary/aromatic N) is 4. The maximum atomic E-state index is 13.9. The second-order valence-corrected chi connectivity index (χ2v) is 10.7. The highest BCUT2D eigenvalue weighted by Gasteiger charge is 2.25. The molecule has 38 heavy (non-hydrogen) atoms. The minimum Gasteiger partial charge on any atom is -0.379 e. The summed E-state index contributed by atoms with van der Waals surface area (Å²) in [5.74, 6) is -0.231. The van der Waals surface area contributed by atoms with E-state index in [9.17, 15) is 14.4 Å². The zero-order valence-corrected chi connectivity index (χ0v) is 23.4. The van der Waals surface area contributed by atoms with E-state index in [0.29, 0.717) is 25.2 Å². The van der Waals surface area contributed by atoms with E-state index >= 15 is 0 Å². The SMILES string of the molecule is CC(=O)N1CCCCCCCN(C(=O)c2c(C)cc(C)n(C)c2=O)Cc2ccc(CN3CCOCC3)cc21. The molecule has 0 radical (unpaired) electrons. The van der Waals surface area contributed by atoms with Crippen molar-refractivity contribution in [1.82, 2.24) is 14.4 Å². The number of fused-ring (bicyclic) bond motifs is 1. The lowest BCUT2D eigenvalue weighted by Gasteiger charge is -2.31. The summed E-state index contributed by atoms with van der Waals surface area (Å²) < 4.78 is 7.04. The number of anilines is 1. The number of rotatable bonds is 3. The third kappa shape index (κ3) is 6.53. The van der Waals surface area contributed by atoms with Gasteiger partial charge < -0.3 is 19.1 Å². The fraction of sp³-hybridized carbons (Fsp3) is 0.567. The highest BCUT2D eigenvalue weighted by Crippen LogP contribution is 2.27. The van der Waals surface area contributed by atoms with E-state index < -0.39 is 0 Å². The van der Waals surface area contributed by atoms with Crippen molar-refractivity contribution in [3.63, 3.8) is 0 Å². The number of aryl methyl sites for hydroxylation is 2. The Balaban J connectivity index is 1.72. The lowest BCUT2D eigenvalue weighted by molar-refractivity contribution is -0.116. The molecular weight excluding hydrogens is 480 g/mol. The Bertz CT molecular complexity index is 1220. The Morgan fingerprint density at radius 3 is 2.32 bits per heavy atom. The van der Waals surface area contributed by atoms with Crippen molar-refractivity contribution in [3.8, 4) is 0 Å². The van der Waals surface area contributed by atoms with Gasteiger partial charge in [-0.25, -0.2) is 0 Å². The van der Waals surface area contributed by atoms with Crippen LogP contribution in [0, 0.1) is 13.8 Å². The van der Waals surface area contributed by atoms with Gasteiger partial charge in [0.05, 0.1) is 13.2 Å². The van der Waals surface area contributed by atoms with Gasteiger partial charge in [0.25, 0.3) is 11.5 Å². The molecule has 0 aliphatic carbocycles. The van der Waals surface area contributed by atoms with Crippen molar-refractivity contribution >= 4 is 17.5 Å². The molecule has 2 amide bonds. The first-order chi connectivity index (χ1) is 18.3. The fourth-order valence-corrected chi connectivity index (χ4v) is 5.52. The van der Waals surface area contributed by atoms with E-state index in [4.69, 9.17) is 4.74 Å². The first-order valence-corrected chi connectivity index (χ1v) is 13.9. The van der Waals surface area contributed by atoms with Crippen LogP contribution in [0.15, 0.2) is 29.1 Å². The van der Waals surface area contributed by atoms with Crippen LogP contribution >= 0.6 is 0 Å². The van der Waals surface area contributed by atoms with Gasteiger partial charge >= 0.3 is 0 Å². The molecule has 2 aliphatic heterocycles. The van der Waals surface area contributed by atoms with Gasteiger partial charge in [-0.05, 0) is 55.5 Å². The predicted molar refractivity (Wildman–Crippen MR) is 150 cm³/mol. The zero-order chi connectivity index (χ0) is 27.2. The lowest BCUT2D eigenvalue weighted by Crippen LogP contribution is -2.39. The van der Waals surface area contributed by atoms with Gasteiger partial charge in [-0.3, -0.25) is 19.3 Å². The number of hydrogen-bond acceptors (Lipinski definition) is 5. The second kappa shape index (κ2) is 12.7. The van der Waals surface area contributed by atoms with Crippen LogP contribution in [0.25, 0.3) is 0 Å². The lowest BCUT2D eigenvalue weighted by atomic mass is 10.0. The molecule has 0 spiro atoms. The van der Waals surface area contributed by atoms with Crippen molar-refractivity contribution in [2.45, 2.75) is 66.0 Å². The molecule has 2 aliphatic rings. The number of benzene rings is 1. The fourth-order valence-electron chi connectivity index (χ4n) is 5.52. The summed E-state index contributed by atoms with van der Waals surface area (Å²) in [6, 6.07) is 8.19. The van der Waals surface area contributed by atoms with E-state index in [-0.39, 0.29) is 22.9 Å². The van der Waals surface area contributed by atoms with Gasteiger partial charge in [-0.15, -0.1) is 0 Å².